The molecule has 100 valence electrons. The summed E-state index contributed by atoms with van der Waals surface area (Å²) in [4.78, 5) is 20.0. The molecule has 2 rings (SSSR count). The van der Waals surface area contributed by atoms with Gasteiger partial charge >= 0.3 is 6.09 Å². The third kappa shape index (κ3) is 3.41. The number of rotatable bonds is 1. The Morgan fingerprint density at radius 3 is 2.74 bits per heavy atom. The zero-order valence-corrected chi connectivity index (χ0v) is 12.5. The summed E-state index contributed by atoms with van der Waals surface area (Å²) in [7, 11) is 0. The van der Waals surface area contributed by atoms with Crippen LogP contribution in [0.25, 0.3) is 10.9 Å². The third-order valence-electron chi connectivity index (χ3n) is 2.23. The van der Waals surface area contributed by atoms with Crippen LogP contribution >= 0.6 is 15.9 Å². The third-order valence-corrected chi connectivity index (χ3v) is 2.87. The standard InChI is InChI=1S/C13H14BrN3O2/c1-13(2,3)19-12(18)17-11-8-5-4-6-9(14)10(8)15-7-16-11/h4-7H,1-3H3,(H,15,16,17,18). The topological polar surface area (TPSA) is 64.1 Å². The minimum absolute atomic E-state index is 0.431. The number of benzene rings is 1. The summed E-state index contributed by atoms with van der Waals surface area (Å²) in [5.74, 6) is 0.431. The summed E-state index contributed by atoms with van der Waals surface area (Å²) >= 11 is 3.41. The quantitative estimate of drug-likeness (QED) is 0.868. The number of carbonyl (C=O) groups is 1. The minimum Gasteiger partial charge on any atom is -0.444 e. The number of halogens is 1. The second-order valence-electron chi connectivity index (χ2n) is 4.99. The Balaban J connectivity index is 2.31. The largest absolute Gasteiger partial charge is 0.444 e. The molecule has 0 spiro atoms. The lowest BCUT2D eigenvalue weighted by Gasteiger charge is -2.19. The highest BCUT2D eigenvalue weighted by Crippen LogP contribution is 2.25. The van der Waals surface area contributed by atoms with Crippen LogP contribution in [0.1, 0.15) is 20.8 Å². The van der Waals surface area contributed by atoms with E-state index in [2.05, 4.69) is 31.2 Å². The average Bonchev–Trinajstić information content (AvgIpc) is 2.28. The summed E-state index contributed by atoms with van der Waals surface area (Å²) in [5.41, 5.74) is 0.191. The van der Waals surface area contributed by atoms with Crippen molar-refractivity contribution in [3.8, 4) is 0 Å². The van der Waals surface area contributed by atoms with Gasteiger partial charge in [-0.15, -0.1) is 0 Å². The number of anilines is 1. The van der Waals surface area contributed by atoms with E-state index in [0.29, 0.717) is 5.82 Å². The van der Waals surface area contributed by atoms with Gasteiger partial charge in [-0.25, -0.2) is 14.8 Å². The Morgan fingerprint density at radius 1 is 1.32 bits per heavy atom. The van der Waals surface area contributed by atoms with Crippen molar-refractivity contribution < 1.29 is 9.53 Å². The van der Waals surface area contributed by atoms with Crippen LogP contribution in [0.15, 0.2) is 29.0 Å². The first kappa shape index (κ1) is 13.7. The SMILES string of the molecule is CC(C)(C)OC(=O)Nc1ncnc2c(Br)cccc12. The van der Waals surface area contributed by atoms with Crippen molar-refractivity contribution in [2.75, 3.05) is 5.32 Å². The summed E-state index contributed by atoms with van der Waals surface area (Å²) in [5, 5.41) is 3.39. The van der Waals surface area contributed by atoms with Crippen LogP contribution in [0.3, 0.4) is 0 Å². The summed E-state index contributed by atoms with van der Waals surface area (Å²) in [6, 6.07) is 5.58. The van der Waals surface area contributed by atoms with Crippen LogP contribution in [-0.4, -0.2) is 21.7 Å². The van der Waals surface area contributed by atoms with Gasteiger partial charge < -0.3 is 4.74 Å². The monoisotopic (exact) mass is 323 g/mol. The molecule has 2 aromatic rings. The lowest BCUT2D eigenvalue weighted by molar-refractivity contribution is 0.0635. The Labute approximate surface area is 119 Å². The maximum absolute atomic E-state index is 11.8. The number of fused-ring (bicyclic) bond motifs is 1. The van der Waals surface area contributed by atoms with Crippen LogP contribution in [0, 0.1) is 0 Å². The molecule has 0 bridgehead atoms. The van der Waals surface area contributed by atoms with Gasteiger partial charge in [0, 0.05) is 9.86 Å². The molecule has 0 atom stereocenters. The number of para-hydroxylation sites is 1. The van der Waals surface area contributed by atoms with E-state index in [-0.39, 0.29) is 0 Å². The molecule has 1 N–H and O–H groups in total. The van der Waals surface area contributed by atoms with Crippen molar-refractivity contribution in [3.05, 3.63) is 29.0 Å². The van der Waals surface area contributed by atoms with E-state index >= 15 is 0 Å². The molecular formula is C13H14BrN3O2. The molecule has 1 aromatic heterocycles. The lowest BCUT2D eigenvalue weighted by Crippen LogP contribution is -2.27. The van der Waals surface area contributed by atoms with Gasteiger partial charge in [0.1, 0.15) is 17.7 Å². The van der Waals surface area contributed by atoms with Gasteiger partial charge in [0.2, 0.25) is 0 Å². The van der Waals surface area contributed by atoms with Crippen molar-refractivity contribution in [1.82, 2.24) is 9.97 Å². The predicted molar refractivity (Wildman–Crippen MR) is 77.1 cm³/mol. The van der Waals surface area contributed by atoms with Crippen LogP contribution in [-0.2, 0) is 4.74 Å². The molecule has 5 nitrogen and oxygen atoms in total. The molecule has 0 radical (unpaired) electrons. The maximum atomic E-state index is 11.8. The van der Waals surface area contributed by atoms with Crippen molar-refractivity contribution in [2.24, 2.45) is 0 Å². The number of nitrogens with zero attached hydrogens (tertiary/aromatic N) is 2. The summed E-state index contributed by atoms with van der Waals surface area (Å²) in [6.45, 7) is 5.42. The van der Waals surface area contributed by atoms with Crippen molar-refractivity contribution >= 4 is 38.7 Å². The number of amides is 1. The number of aromatic nitrogens is 2. The molecule has 0 saturated heterocycles. The number of hydrogen-bond donors (Lipinski definition) is 1. The van der Waals surface area contributed by atoms with Crippen LogP contribution in [0.5, 0.6) is 0 Å². The number of nitrogens with one attached hydrogen (secondary N) is 1. The lowest BCUT2D eigenvalue weighted by atomic mass is 10.2. The highest BCUT2D eigenvalue weighted by Gasteiger charge is 2.17. The normalized spacial score (nSPS) is 11.4. The molecule has 0 aliphatic carbocycles. The molecule has 1 amide bonds. The molecular weight excluding hydrogens is 310 g/mol. The Bertz CT molecular complexity index is 623. The van der Waals surface area contributed by atoms with Gasteiger partial charge in [-0.3, -0.25) is 5.32 Å². The second-order valence-corrected chi connectivity index (χ2v) is 5.84. The van der Waals surface area contributed by atoms with E-state index in [1.165, 1.54) is 6.33 Å². The number of ether oxygens (including phenoxy) is 1. The Hall–Kier alpha value is -1.69. The first-order chi connectivity index (χ1) is 8.87. The van der Waals surface area contributed by atoms with Crippen molar-refractivity contribution in [1.29, 1.82) is 0 Å². The fraction of sp³-hybridized carbons (Fsp3) is 0.308. The van der Waals surface area contributed by atoms with E-state index in [9.17, 15) is 4.79 Å². The zero-order chi connectivity index (χ0) is 14.0. The van der Waals surface area contributed by atoms with Gasteiger partial charge in [0.25, 0.3) is 0 Å². The van der Waals surface area contributed by atoms with Gasteiger partial charge in [0.05, 0.1) is 5.52 Å². The average molecular weight is 324 g/mol. The molecule has 0 aliphatic heterocycles. The number of hydrogen-bond acceptors (Lipinski definition) is 4. The summed E-state index contributed by atoms with van der Waals surface area (Å²) in [6.07, 6.45) is 0.868. The minimum atomic E-state index is -0.548. The van der Waals surface area contributed by atoms with E-state index in [4.69, 9.17) is 4.74 Å². The van der Waals surface area contributed by atoms with E-state index in [1.54, 1.807) is 20.8 Å². The van der Waals surface area contributed by atoms with E-state index in [0.717, 1.165) is 15.4 Å². The first-order valence-corrected chi connectivity index (χ1v) is 6.55. The van der Waals surface area contributed by atoms with E-state index < -0.39 is 11.7 Å². The molecule has 0 saturated carbocycles. The first-order valence-electron chi connectivity index (χ1n) is 5.76. The van der Waals surface area contributed by atoms with Crippen LogP contribution < -0.4 is 5.32 Å². The van der Waals surface area contributed by atoms with Gasteiger partial charge in [-0.2, -0.15) is 0 Å². The fourth-order valence-corrected chi connectivity index (χ4v) is 2.02. The second kappa shape index (κ2) is 5.13. The van der Waals surface area contributed by atoms with E-state index in [1.807, 2.05) is 18.2 Å². The molecule has 19 heavy (non-hydrogen) atoms. The maximum Gasteiger partial charge on any atom is 0.413 e. The molecule has 0 unspecified atom stereocenters. The zero-order valence-electron chi connectivity index (χ0n) is 10.9. The predicted octanol–water partition coefficient (Wildman–Crippen LogP) is 3.74. The van der Waals surface area contributed by atoms with Crippen molar-refractivity contribution in [2.45, 2.75) is 26.4 Å². The van der Waals surface area contributed by atoms with Crippen LogP contribution in [0.4, 0.5) is 10.6 Å². The Kier molecular flexibility index (Phi) is 3.71. The van der Waals surface area contributed by atoms with Gasteiger partial charge in [-0.1, -0.05) is 6.07 Å². The molecule has 0 fully saturated rings. The smallest absolute Gasteiger partial charge is 0.413 e. The Morgan fingerprint density at radius 2 is 2.05 bits per heavy atom. The van der Waals surface area contributed by atoms with Gasteiger partial charge in [0.15, 0.2) is 0 Å². The molecule has 1 aromatic carbocycles. The summed E-state index contributed by atoms with van der Waals surface area (Å²) < 4.78 is 6.05. The molecule has 6 heteroatoms. The molecule has 1 heterocycles. The molecule has 0 aliphatic rings. The number of carbonyl (C=O) groups excluding carboxylic acids is 1. The fourth-order valence-electron chi connectivity index (χ4n) is 1.55. The highest BCUT2D eigenvalue weighted by atomic mass is 79.9. The highest BCUT2D eigenvalue weighted by molar-refractivity contribution is 9.10. The van der Waals surface area contributed by atoms with Crippen molar-refractivity contribution in [3.63, 3.8) is 0 Å². The van der Waals surface area contributed by atoms with Gasteiger partial charge in [-0.05, 0) is 48.8 Å². The van der Waals surface area contributed by atoms with Crippen LogP contribution in [0.2, 0.25) is 0 Å².